The van der Waals surface area contributed by atoms with Crippen LogP contribution >= 0.6 is 0 Å². The van der Waals surface area contributed by atoms with Crippen LogP contribution in [-0.4, -0.2) is 16.9 Å². The minimum absolute atomic E-state index is 0.179. The third-order valence-electron chi connectivity index (χ3n) is 3.89. The molecular formula is C15H19F2NO2. The van der Waals surface area contributed by atoms with E-state index in [0.717, 1.165) is 5.56 Å². The zero-order valence-electron chi connectivity index (χ0n) is 11.7. The molecule has 0 aliphatic heterocycles. The number of carbonyl (C=O) groups is 1. The zero-order valence-corrected chi connectivity index (χ0v) is 11.7. The Labute approximate surface area is 117 Å². The number of hydrogen-bond donors (Lipinski definition) is 2. The molecule has 1 aliphatic rings. The van der Waals surface area contributed by atoms with E-state index in [2.05, 4.69) is 5.32 Å². The highest BCUT2D eigenvalue weighted by molar-refractivity contribution is 5.93. The van der Waals surface area contributed by atoms with E-state index in [1.807, 2.05) is 0 Å². The first-order chi connectivity index (χ1) is 9.28. The number of nitrogens with one attached hydrogen (secondary N) is 1. The molecule has 1 aromatic carbocycles. The molecule has 110 valence electrons. The summed E-state index contributed by atoms with van der Waals surface area (Å²) in [7, 11) is 0. The summed E-state index contributed by atoms with van der Waals surface area (Å²) in [6.45, 7) is 3.52. The van der Waals surface area contributed by atoms with Crippen molar-refractivity contribution in [2.24, 2.45) is 5.92 Å². The van der Waals surface area contributed by atoms with Gasteiger partial charge in [-0.15, -0.1) is 0 Å². The molecule has 0 bridgehead atoms. The van der Waals surface area contributed by atoms with Gasteiger partial charge in [-0.3, -0.25) is 4.79 Å². The number of benzene rings is 1. The molecule has 1 saturated carbocycles. The maximum Gasteiger partial charge on any atom is 0.248 e. The van der Waals surface area contributed by atoms with Crippen LogP contribution in [0.1, 0.15) is 36.8 Å². The highest BCUT2D eigenvalue weighted by Gasteiger charge is 2.37. The fourth-order valence-electron chi connectivity index (χ4n) is 2.47. The Kier molecular flexibility index (Phi) is 3.97. The van der Waals surface area contributed by atoms with Crippen molar-refractivity contribution in [3.05, 3.63) is 23.3 Å². The van der Waals surface area contributed by atoms with E-state index in [4.69, 9.17) is 0 Å². The van der Waals surface area contributed by atoms with E-state index in [0.29, 0.717) is 11.3 Å². The van der Waals surface area contributed by atoms with Crippen molar-refractivity contribution < 1.29 is 18.7 Å². The molecule has 1 fully saturated rings. The molecule has 0 unspecified atom stereocenters. The van der Waals surface area contributed by atoms with Crippen LogP contribution in [0.25, 0.3) is 0 Å². The molecule has 1 aliphatic carbocycles. The van der Waals surface area contributed by atoms with Crippen LogP contribution in [0.5, 0.6) is 5.75 Å². The SMILES string of the molecule is Cc1cc(NC(=O)C2CCC(F)(F)CC2)c(C)cc1O. The number of aryl methyl sites for hydroxylation is 2. The van der Waals surface area contributed by atoms with Crippen LogP contribution in [0, 0.1) is 19.8 Å². The van der Waals surface area contributed by atoms with Crippen LogP contribution in [0.15, 0.2) is 12.1 Å². The molecule has 20 heavy (non-hydrogen) atoms. The van der Waals surface area contributed by atoms with Crippen molar-refractivity contribution in [2.75, 3.05) is 5.32 Å². The second-order valence-electron chi connectivity index (χ2n) is 5.57. The number of phenolic OH excluding ortho intramolecular Hbond substituents is 1. The molecule has 1 amide bonds. The van der Waals surface area contributed by atoms with Crippen molar-refractivity contribution in [2.45, 2.75) is 45.5 Å². The molecule has 0 saturated heterocycles. The normalized spacial score (nSPS) is 18.8. The van der Waals surface area contributed by atoms with E-state index < -0.39 is 5.92 Å². The van der Waals surface area contributed by atoms with Crippen molar-refractivity contribution in [1.82, 2.24) is 0 Å². The van der Waals surface area contributed by atoms with Gasteiger partial charge in [0.2, 0.25) is 11.8 Å². The molecule has 0 spiro atoms. The molecule has 2 rings (SSSR count). The summed E-state index contributed by atoms with van der Waals surface area (Å²) in [5, 5.41) is 12.3. The maximum atomic E-state index is 13.1. The monoisotopic (exact) mass is 283 g/mol. The lowest BCUT2D eigenvalue weighted by Gasteiger charge is -2.27. The number of phenols is 1. The molecule has 0 heterocycles. The molecule has 5 heteroatoms. The second kappa shape index (κ2) is 5.38. The van der Waals surface area contributed by atoms with Gasteiger partial charge in [0.15, 0.2) is 0 Å². The third kappa shape index (κ3) is 3.26. The van der Waals surface area contributed by atoms with Gasteiger partial charge in [-0.25, -0.2) is 8.78 Å². The van der Waals surface area contributed by atoms with Gasteiger partial charge in [-0.05, 0) is 49.9 Å². The van der Waals surface area contributed by atoms with Crippen LogP contribution in [0.2, 0.25) is 0 Å². The predicted octanol–water partition coefficient (Wildman–Crippen LogP) is 3.77. The summed E-state index contributed by atoms with van der Waals surface area (Å²) in [4.78, 5) is 12.1. The summed E-state index contributed by atoms with van der Waals surface area (Å²) in [5.74, 6) is -3.02. The number of alkyl halides is 2. The Morgan fingerprint density at radius 1 is 1.25 bits per heavy atom. The first-order valence-electron chi connectivity index (χ1n) is 6.77. The van der Waals surface area contributed by atoms with Crippen molar-refractivity contribution in [1.29, 1.82) is 0 Å². The maximum absolute atomic E-state index is 13.1. The average Bonchev–Trinajstić information content (AvgIpc) is 2.35. The number of rotatable bonds is 2. The molecule has 2 N–H and O–H groups in total. The Bertz CT molecular complexity index is 519. The van der Waals surface area contributed by atoms with Crippen molar-refractivity contribution in [3.63, 3.8) is 0 Å². The van der Waals surface area contributed by atoms with Gasteiger partial charge in [0.05, 0.1) is 0 Å². The summed E-state index contributed by atoms with van der Waals surface area (Å²) in [6.07, 6.45) is -0.0127. The van der Waals surface area contributed by atoms with Gasteiger partial charge in [0.25, 0.3) is 0 Å². The molecular weight excluding hydrogens is 264 g/mol. The van der Waals surface area contributed by atoms with Gasteiger partial charge in [0, 0.05) is 24.4 Å². The Morgan fingerprint density at radius 3 is 2.45 bits per heavy atom. The molecule has 0 radical (unpaired) electrons. The summed E-state index contributed by atoms with van der Waals surface area (Å²) in [6, 6.07) is 3.28. The number of carbonyl (C=O) groups excluding carboxylic acids is 1. The summed E-state index contributed by atoms with van der Waals surface area (Å²) in [5.41, 5.74) is 2.05. The van der Waals surface area contributed by atoms with E-state index in [-0.39, 0.29) is 43.3 Å². The first-order valence-corrected chi connectivity index (χ1v) is 6.77. The number of halogens is 2. The second-order valence-corrected chi connectivity index (χ2v) is 5.57. The first kappa shape index (κ1) is 14.8. The van der Waals surface area contributed by atoms with Gasteiger partial charge in [0.1, 0.15) is 5.75 Å². The predicted molar refractivity (Wildman–Crippen MR) is 73.1 cm³/mol. The Morgan fingerprint density at radius 2 is 1.85 bits per heavy atom. The van der Waals surface area contributed by atoms with Crippen molar-refractivity contribution >= 4 is 11.6 Å². The van der Waals surface area contributed by atoms with E-state index in [9.17, 15) is 18.7 Å². The van der Waals surface area contributed by atoms with E-state index in [1.165, 1.54) is 0 Å². The lowest BCUT2D eigenvalue weighted by Crippen LogP contribution is -2.32. The molecule has 0 aromatic heterocycles. The highest BCUT2D eigenvalue weighted by Crippen LogP contribution is 2.36. The van der Waals surface area contributed by atoms with Crippen LogP contribution in [-0.2, 0) is 4.79 Å². The molecule has 0 atom stereocenters. The Hall–Kier alpha value is -1.65. The van der Waals surface area contributed by atoms with Gasteiger partial charge in [-0.1, -0.05) is 0 Å². The average molecular weight is 283 g/mol. The fraction of sp³-hybridized carbons (Fsp3) is 0.533. The highest BCUT2D eigenvalue weighted by atomic mass is 19.3. The van der Waals surface area contributed by atoms with E-state index in [1.54, 1.807) is 26.0 Å². The standard InChI is InChI=1S/C15H19F2NO2/c1-9-8-13(19)10(2)7-12(9)18-14(20)11-3-5-15(16,17)6-4-11/h7-8,11,19H,3-6H2,1-2H3,(H,18,20). The summed E-state index contributed by atoms with van der Waals surface area (Å²) >= 11 is 0. The van der Waals surface area contributed by atoms with Gasteiger partial charge >= 0.3 is 0 Å². The fourth-order valence-corrected chi connectivity index (χ4v) is 2.47. The quantitative estimate of drug-likeness (QED) is 0.812. The van der Waals surface area contributed by atoms with Gasteiger partial charge in [-0.2, -0.15) is 0 Å². The minimum Gasteiger partial charge on any atom is -0.508 e. The van der Waals surface area contributed by atoms with Crippen LogP contribution < -0.4 is 5.32 Å². The lowest BCUT2D eigenvalue weighted by atomic mass is 9.86. The molecule has 3 nitrogen and oxygen atoms in total. The number of anilines is 1. The minimum atomic E-state index is -2.62. The Balaban J connectivity index is 2.04. The number of hydrogen-bond acceptors (Lipinski definition) is 2. The number of aromatic hydroxyl groups is 1. The van der Waals surface area contributed by atoms with Gasteiger partial charge < -0.3 is 10.4 Å². The largest absolute Gasteiger partial charge is 0.508 e. The number of amides is 1. The summed E-state index contributed by atoms with van der Waals surface area (Å²) < 4.78 is 26.1. The third-order valence-corrected chi connectivity index (χ3v) is 3.89. The smallest absolute Gasteiger partial charge is 0.248 e. The zero-order chi connectivity index (χ0) is 14.9. The lowest BCUT2D eigenvalue weighted by molar-refractivity contribution is -0.124. The topological polar surface area (TPSA) is 49.3 Å². The van der Waals surface area contributed by atoms with E-state index >= 15 is 0 Å². The van der Waals surface area contributed by atoms with Crippen LogP contribution in [0.4, 0.5) is 14.5 Å². The van der Waals surface area contributed by atoms with Crippen molar-refractivity contribution in [3.8, 4) is 5.75 Å². The van der Waals surface area contributed by atoms with Crippen LogP contribution in [0.3, 0.4) is 0 Å². The molecule has 1 aromatic rings.